The smallest absolute Gasteiger partial charge is 0.168 e. The molecule has 2 rings (SSSR count). The number of methoxy groups -OCH3 is 1. The molecule has 0 aromatic carbocycles. The largest absolute Gasteiger partial charge is 0.388 e. The molecular weight excluding hydrogens is 264 g/mol. The summed E-state index contributed by atoms with van der Waals surface area (Å²) >= 11 is 0. The van der Waals surface area contributed by atoms with Crippen LogP contribution in [0, 0.1) is 0 Å². The lowest BCUT2D eigenvalue weighted by Gasteiger charge is -2.35. The van der Waals surface area contributed by atoms with E-state index in [1.807, 2.05) is 0 Å². The highest BCUT2D eigenvalue weighted by Gasteiger charge is 2.40. The molecule has 6 nitrogen and oxygen atoms in total. The molecule has 1 saturated carbocycles. The molecule has 1 N–H and O–H groups in total. The van der Waals surface area contributed by atoms with Gasteiger partial charge in [0.2, 0.25) is 0 Å². The summed E-state index contributed by atoms with van der Waals surface area (Å²) in [5, 5.41) is 9.74. The zero-order chi connectivity index (χ0) is 14.3. The number of hydrogen-bond acceptors (Lipinski definition) is 6. The van der Waals surface area contributed by atoms with Gasteiger partial charge in [-0.1, -0.05) is 0 Å². The minimum absolute atomic E-state index is 0.182. The van der Waals surface area contributed by atoms with Gasteiger partial charge in [-0.15, -0.1) is 0 Å². The van der Waals surface area contributed by atoms with E-state index in [4.69, 9.17) is 23.7 Å². The first-order valence-corrected chi connectivity index (χ1v) is 7.38. The predicted octanol–water partition coefficient (Wildman–Crippen LogP) is 0.713. The highest BCUT2D eigenvalue weighted by Crippen LogP contribution is 2.36. The summed E-state index contributed by atoms with van der Waals surface area (Å²) in [7, 11) is 1.62. The molecule has 1 atom stereocenters. The van der Waals surface area contributed by atoms with Crippen molar-refractivity contribution in [2.75, 3.05) is 46.8 Å². The van der Waals surface area contributed by atoms with Gasteiger partial charge in [-0.3, -0.25) is 0 Å². The third-order valence-electron chi connectivity index (χ3n) is 3.77. The molecule has 20 heavy (non-hydrogen) atoms. The maximum absolute atomic E-state index is 9.74. The van der Waals surface area contributed by atoms with Gasteiger partial charge in [0.15, 0.2) is 5.79 Å². The molecule has 1 aliphatic carbocycles. The van der Waals surface area contributed by atoms with Crippen molar-refractivity contribution in [3.63, 3.8) is 0 Å². The Bertz CT molecular complexity index is 256. The summed E-state index contributed by atoms with van der Waals surface area (Å²) in [6, 6.07) is 0. The molecule has 1 aliphatic heterocycles. The van der Waals surface area contributed by atoms with E-state index in [1.54, 1.807) is 7.11 Å². The van der Waals surface area contributed by atoms with E-state index >= 15 is 0 Å². The van der Waals surface area contributed by atoms with Crippen molar-refractivity contribution < 1.29 is 28.8 Å². The van der Waals surface area contributed by atoms with Crippen LogP contribution >= 0.6 is 0 Å². The van der Waals surface area contributed by atoms with Gasteiger partial charge < -0.3 is 28.8 Å². The van der Waals surface area contributed by atoms with E-state index in [0.717, 1.165) is 25.7 Å². The topological polar surface area (TPSA) is 66.4 Å². The van der Waals surface area contributed by atoms with Crippen LogP contribution in [0.25, 0.3) is 0 Å². The second-order valence-corrected chi connectivity index (χ2v) is 5.36. The van der Waals surface area contributed by atoms with E-state index in [1.165, 1.54) is 0 Å². The van der Waals surface area contributed by atoms with E-state index < -0.39 is 6.10 Å². The lowest BCUT2D eigenvalue weighted by atomic mass is 9.92. The zero-order valence-corrected chi connectivity index (χ0v) is 12.2. The van der Waals surface area contributed by atoms with Crippen LogP contribution in [0.2, 0.25) is 0 Å². The molecule has 1 unspecified atom stereocenters. The molecule has 0 aromatic heterocycles. The average Bonchev–Trinajstić information content (AvgIpc) is 2.91. The highest BCUT2D eigenvalue weighted by atomic mass is 16.7. The minimum Gasteiger partial charge on any atom is -0.388 e. The maximum atomic E-state index is 9.74. The molecule has 0 amide bonds. The van der Waals surface area contributed by atoms with E-state index in [0.29, 0.717) is 33.0 Å². The van der Waals surface area contributed by atoms with E-state index in [9.17, 15) is 5.11 Å². The van der Waals surface area contributed by atoms with Gasteiger partial charge in [0.05, 0.1) is 45.7 Å². The number of rotatable bonds is 8. The summed E-state index contributed by atoms with van der Waals surface area (Å²) in [5.41, 5.74) is 0. The van der Waals surface area contributed by atoms with Gasteiger partial charge >= 0.3 is 0 Å². The standard InChI is InChI=1S/C14H26O6/c1-16-6-7-17-10-12(15)11-18-13-2-4-14(5-3-13)19-8-9-20-14/h12-13,15H,2-11H2,1H3. The average molecular weight is 290 g/mol. The number of hydrogen-bond donors (Lipinski definition) is 1. The Kier molecular flexibility index (Phi) is 6.67. The second-order valence-electron chi connectivity index (χ2n) is 5.36. The summed E-state index contributed by atoms with van der Waals surface area (Å²) in [6.07, 6.45) is 3.17. The molecule has 1 saturated heterocycles. The number of aliphatic hydroxyl groups is 1. The minimum atomic E-state index is -0.582. The fraction of sp³-hybridized carbons (Fsp3) is 1.00. The lowest BCUT2D eigenvalue weighted by molar-refractivity contribution is -0.193. The summed E-state index contributed by atoms with van der Waals surface area (Å²) in [5.74, 6) is -0.345. The van der Waals surface area contributed by atoms with Gasteiger partial charge in [0, 0.05) is 20.0 Å². The van der Waals surface area contributed by atoms with Crippen LogP contribution in [0.3, 0.4) is 0 Å². The first-order valence-electron chi connectivity index (χ1n) is 7.38. The molecule has 1 heterocycles. The molecule has 2 aliphatic rings. The van der Waals surface area contributed by atoms with Crippen molar-refractivity contribution in [1.29, 1.82) is 0 Å². The summed E-state index contributed by atoms with van der Waals surface area (Å²) < 4.78 is 27.2. The van der Waals surface area contributed by atoms with E-state index in [-0.39, 0.29) is 18.5 Å². The van der Waals surface area contributed by atoms with Crippen molar-refractivity contribution >= 4 is 0 Å². The van der Waals surface area contributed by atoms with E-state index in [2.05, 4.69) is 0 Å². The van der Waals surface area contributed by atoms with Crippen molar-refractivity contribution in [2.24, 2.45) is 0 Å². The Morgan fingerprint density at radius 2 is 1.85 bits per heavy atom. The van der Waals surface area contributed by atoms with Crippen LogP contribution in [-0.2, 0) is 23.7 Å². The molecule has 118 valence electrons. The van der Waals surface area contributed by atoms with Crippen molar-refractivity contribution in [2.45, 2.75) is 43.7 Å². The van der Waals surface area contributed by atoms with Gasteiger partial charge in [-0.2, -0.15) is 0 Å². The Morgan fingerprint density at radius 3 is 2.50 bits per heavy atom. The van der Waals surface area contributed by atoms with Gasteiger partial charge in [-0.25, -0.2) is 0 Å². The van der Waals surface area contributed by atoms with Crippen LogP contribution in [0.5, 0.6) is 0 Å². The van der Waals surface area contributed by atoms with Crippen LogP contribution < -0.4 is 0 Å². The highest BCUT2D eigenvalue weighted by molar-refractivity contribution is 4.83. The van der Waals surface area contributed by atoms with Crippen LogP contribution in [0.15, 0.2) is 0 Å². The van der Waals surface area contributed by atoms with Crippen LogP contribution in [0.1, 0.15) is 25.7 Å². The third-order valence-corrected chi connectivity index (χ3v) is 3.77. The van der Waals surface area contributed by atoms with Crippen LogP contribution in [0.4, 0.5) is 0 Å². The first kappa shape index (κ1) is 16.1. The summed E-state index contributed by atoms with van der Waals surface area (Å²) in [4.78, 5) is 0. The molecule has 1 spiro atoms. The second kappa shape index (κ2) is 8.26. The number of aliphatic hydroxyl groups excluding tert-OH is 1. The fourth-order valence-electron chi connectivity index (χ4n) is 2.64. The molecular formula is C14H26O6. The summed E-state index contributed by atoms with van der Waals surface area (Å²) in [6.45, 7) is 3.02. The Balaban J connectivity index is 1.54. The zero-order valence-electron chi connectivity index (χ0n) is 12.2. The van der Waals surface area contributed by atoms with Crippen molar-refractivity contribution in [3.8, 4) is 0 Å². The van der Waals surface area contributed by atoms with Gasteiger partial charge in [0.25, 0.3) is 0 Å². The number of ether oxygens (including phenoxy) is 5. The normalized spacial score (nSPS) is 24.3. The fourth-order valence-corrected chi connectivity index (χ4v) is 2.64. The van der Waals surface area contributed by atoms with Gasteiger partial charge in [0.1, 0.15) is 6.10 Å². The first-order chi connectivity index (χ1) is 9.74. The molecule has 2 fully saturated rings. The van der Waals surface area contributed by atoms with Crippen molar-refractivity contribution in [1.82, 2.24) is 0 Å². The van der Waals surface area contributed by atoms with Gasteiger partial charge in [-0.05, 0) is 12.8 Å². The Hall–Kier alpha value is -0.240. The SMILES string of the molecule is COCCOCC(O)COC1CCC2(CC1)OCCO2. The Morgan fingerprint density at radius 1 is 1.15 bits per heavy atom. The molecule has 0 radical (unpaired) electrons. The monoisotopic (exact) mass is 290 g/mol. The maximum Gasteiger partial charge on any atom is 0.168 e. The predicted molar refractivity (Wildman–Crippen MR) is 71.5 cm³/mol. The van der Waals surface area contributed by atoms with Crippen molar-refractivity contribution in [3.05, 3.63) is 0 Å². The lowest BCUT2D eigenvalue weighted by Crippen LogP contribution is -2.38. The van der Waals surface area contributed by atoms with Crippen LogP contribution in [-0.4, -0.2) is 69.9 Å². The molecule has 0 aromatic rings. The third kappa shape index (κ3) is 4.95. The molecule has 6 heteroatoms. The Labute approximate surface area is 120 Å². The quantitative estimate of drug-likeness (QED) is 0.664. The molecule has 0 bridgehead atoms.